The Morgan fingerprint density at radius 3 is 2.41 bits per heavy atom. The van der Waals surface area contributed by atoms with Gasteiger partial charge in [0.2, 0.25) is 0 Å². The van der Waals surface area contributed by atoms with Gasteiger partial charge < -0.3 is 10.2 Å². The number of amides is 3. The standard InChI is InChI=1S/C20H26BrN3O3/c1-14(2)13-23-11-8-20(9-12-23)18(26)24(19(27)22-20)10-7-17(25)15-3-5-16(21)6-4-15/h3-6,14H,7-13H2,1-2H3,(H,22,27). The van der Waals surface area contributed by atoms with E-state index in [1.807, 2.05) is 0 Å². The molecule has 1 N–H and O–H groups in total. The first-order valence-electron chi connectivity index (χ1n) is 9.46. The fraction of sp³-hybridized carbons (Fsp3) is 0.550. The summed E-state index contributed by atoms with van der Waals surface area (Å²) in [6, 6.07) is 6.72. The predicted octanol–water partition coefficient (Wildman–Crippen LogP) is 3.06. The molecule has 6 nitrogen and oxygen atoms in total. The number of hydrogen-bond donors (Lipinski definition) is 1. The number of likely N-dealkylation sites (tertiary alicyclic amines) is 1. The summed E-state index contributed by atoms with van der Waals surface area (Å²) < 4.78 is 0.902. The minimum absolute atomic E-state index is 0.0733. The van der Waals surface area contributed by atoms with E-state index in [1.165, 1.54) is 4.90 Å². The van der Waals surface area contributed by atoms with Crippen LogP contribution in [0.25, 0.3) is 0 Å². The number of piperidine rings is 1. The van der Waals surface area contributed by atoms with Crippen LogP contribution in [0, 0.1) is 5.92 Å². The van der Waals surface area contributed by atoms with Crippen molar-refractivity contribution in [3.63, 3.8) is 0 Å². The number of hydrogen-bond acceptors (Lipinski definition) is 4. The van der Waals surface area contributed by atoms with E-state index >= 15 is 0 Å². The van der Waals surface area contributed by atoms with Gasteiger partial charge in [-0.2, -0.15) is 0 Å². The highest BCUT2D eigenvalue weighted by Crippen LogP contribution is 2.30. The van der Waals surface area contributed by atoms with Crippen molar-refractivity contribution < 1.29 is 14.4 Å². The number of urea groups is 1. The van der Waals surface area contributed by atoms with Crippen LogP contribution in [0.5, 0.6) is 0 Å². The van der Waals surface area contributed by atoms with Crippen molar-refractivity contribution in [3.05, 3.63) is 34.3 Å². The molecular formula is C20H26BrN3O3. The zero-order chi connectivity index (χ0) is 19.6. The lowest BCUT2D eigenvalue weighted by molar-refractivity contribution is -0.132. The van der Waals surface area contributed by atoms with Crippen molar-refractivity contribution in [1.82, 2.24) is 15.1 Å². The van der Waals surface area contributed by atoms with Crippen LogP contribution in [0.3, 0.4) is 0 Å². The first kappa shape index (κ1) is 20.0. The highest BCUT2D eigenvalue weighted by Gasteiger charge is 2.52. The van der Waals surface area contributed by atoms with Crippen molar-refractivity contribution in [2.45, 2.75) is 38.6 Å². The molecule has 0 atom stereocenters. The minimum Gasteiger partial charge on any atom is -0.323 e. The Labute approximate surface area is 168 Å². The SMILES string of the molecule is CC(C)CN1CCC2(CC1)NC(=O)N(CCC(=O)c1ccc(Br)cc1)C2=O. The fourth-order valence-corrected chi connectivity index (χ4v) is 4.11. The summed E-state index contributed by atoms with van der Waals surface area (Å²) in [6.07, 6.45) is 1.39. The molecule has 1 aromatic rings. The Hall–Kier alpha value is -1.73. The van der Waals surface area contributed by atoms with Gasteiger partial charge in [0.05, 0.1) is 0 Å². The summed E-state index contributed by atoms with van der Waals surface area (Å²) in [5.74, 6) is 0.324. The Balaban J connectivity index is 1.58. The lowest BCUT2D eigenvalue weighted by Gasteiger charge is -2.37. The van der Waals surface area contributed by atoms with E-state index in [9.17, 15) is 14.4 Å². The molecule has 0 bridgehead atoms. The number of halogens is 1. The van der Waals surface area contributed by atoms with Crippen LogP contribution in [0.2, 0.25) is 0 Å². The molecule has 2 aliphatic rings. The molecule has 2 fully saturated rings. The molecule has 2 saturated heterocycles. The summed E-state index contributed by atoms with van der Waals surface area (Å²) in [5, 5.41) is 2.91. The highest BCUT2D eigenvalue weighted by atomic mass is 79.9. The molecule has 7 heteroatoms. The molecule has 27 heavy (non-hydrogen) atoms. The van der Waals surface area contributed by atoms with Gasteiger partial charge >= 0.3 is 6.03 Å². The number of rotatable bonds is 6. The fourth-order valence-electron chi connectivity index (χ4n) is 3.85. The van der Waals surface area contributed by atoms with Crippen molar-refractivity contribution in [3.8, 4) is 0 Å². The smallest absolute Gasteiger partial charge is 0.323 e. The topological polar surface area (TPSA) is 69.7 Å². The third-order valence-electron chi connectivity index (χ3n) is 5.31. The van der Waals surface area contributed by atoms with E-state index in [2.05, 4.69) is 40.0 Å². The number of nitrogens with one attached hydrogen (secondary N) is 1. The van der Waals surface area contributed by atoms with Crippen molar-refractivity contribution in [2.24, 2.45) is 5.92 Å². The second-order valence-corrected chi connectivity index (χ2v) is 8.76. The first-order valence-corrected chi connectivity index (χ1v) is 10.3. The molecule has 146 valence electrons. The van der Waals surface area contributed by atoms with Crippen LogP contribution < -0.4 is 5.32 Å². The lowest BCUT2D eigenvalue weighted by Crippen LogP contribution is -2.55. The zero-order valence-corrected chi connectivity index (χ0v) is 17.4. The average Bonchev–Trinajstić information content (AvgIpc) is 2.85. The van der Waals surface area contributed by atoms with E-state index in [1.54, 1.807) is 24.3 Å². The number of ketones is 1. The summed E-state index contributed by atoms with van der Waals surface area (Å²) in [7, 11) is 0. The molecule has 0 radical (unpaired) electrons. The number of carbonyl (C=O) groups excluding carboxylic acids is 3. The molecular weight excluding hydrogens is 410 g/mol. The number of imide groups is 1. The number of carbonyl (C=O) groups is 3. The van der Waals surface area contributed by atoms with Crippen LogP contribution in [0.1, 0.15) is 43.5 Å². The Kier molecular flexibility index (Phi) is 6.01. The third kappa shape index (κ3) is 4.41. The van der Waals surface area contributed by atoms with Crippen LogP contribution in [0.15, 0.2) is 28.7 Å². The van der Waals surface area contributed by atoms with E-state index in [0.717, 1.165) is 24.1 Å². The second kappa shape index (κ2) is 8.10. The quantitative estimate of drug-likeness (QED) is 0.550. The number of benzene rings is 1. The largest absolute Gasteiger partial charge is 0.325 e. The molecule has 1 aromatic carbocycles. The summed E-state index contributed by atoms with van der Waals surface area (Å²) in [5.41, 5.74) is -0.201. The Morgan fingerprint density at radius 1 is 1.19 bits per heavy atom. The minimum atomic E-state index is -0.786. The van der Waals surface area contributed by atoms with E-state index in [4.69, 9.17) is 0 Å². The van der Waals surface area contributed by atoms with Crippen LogP contribution in [0.4, 0.5) is 4.79 Å². The van der Waals surface area contributed by atoms with Crippen molar-refractivity contribution in [2.75, 3.05) is 26.2 Å². The maximum absolute atomic E-state index is 12.9. The first-order chi connectivity index (χ1) is 12.8. The molecule has 3 rings (SSSR count). The molecule has 3 amide bonds. The van der Waals surface area contributed by atoms with E-state index < -0.39 is 5.54 Å². The second-order valence-electron chi connectivity index (χ2n) is 7.84. The molecule has 2 heterocycles. The van der Waals surface area contributed by atoms with Gasteiger partial charge in [-0.25, -0.2) is 4.79 Å². The van der Waals surface area contributed by atoms with E-state index in [0.29, 0.717) is 24.3 Å². The third-order valence-corrected chi connectivity index (χ3v) is 5.84. The van der Waals surface area contributed by atoms with Gasteiger partial charge in [0.25, 0.3) is 5.91 Å². The summed E-state index contributed by atoms with van der Waals surface area (Å²) in [4.78, 5) is 41.2. The van der Waals surface area contributed by atoms with Gasteiger partial charge in [-0.1, -0.05) is 41.9 Å². The Morgan fingerprint density at radius 2 is 1.81 bits per heavy atom. The zero-order valence-electron chi connectivity index (χ0n) is 15.8. The normalized spacial score (nSPS) is 19.8. The van der Waals surface area contributed by atoms with Crippen LogP contribution in [-0.4, -0.2) is 59.2 Å². The molecule has 1 spiro atoms. The van der Waals surface area contributed by atoms with Crippen LogP contribution in [-0.2, 0) is 4.79 Å². The molecule has 0 aromatic heterocycles. The summed E-state index contributed by atoms with van der Waals surface area (Å²) >= 11 is 3.34. The molecule has 0 saturated carbocycles. The Bertz CT molecular complexity index is 724. The number of nitrogens with zero attached hydrogens (tertiary/aromatic N) is 2. The predicted molar refractivity (Wildman–Crippen MR) is 107 cm³/mol. The van der Waals surface area contributed by atoms with E-state index in [-0.39, 0.29) is 30.7 Å². The molecule has 0 unspecified atom stereocenters. The van der Waals surface area contributed by atoms with Crippen molar-refractivity contribution >= 4 is 33.7 Å². The van der Waals surface area contributed by atoms with Gasteiger partial charge in [-0.05, 0) is 30.9 Å². The maximum Gasteiger partial charge on any atom is 0.325 e. The molecule has 0 aliphatic carbocycles. The maximum atomic E-state index is 12.9. The average molecular weight is 436 g/mol. The van der Waals surface area contributed by atoms with Gasteiger partial charge in [0.1, 0.15) is 5.54 Å². The van der Waals surface area contributed by atoms with Crippen LogP contribution >= 0.6 is 15.9 Å². The summed E-state index contributed by atoms with van der Waals surface area (Å²) in [6.45, 7) is 7.08. The monoisotopic (exact) mass is 435 g/mol. The lowest BCUT2D eigenvalue weighted by atomic mass is 9.87. The number of Topliss-reactive ketones (excluding diaryl/α,β-unsaturated/α-hetero) is 1. The molecule has 2 aliphatic heterocycles. The highest BCUT2D eigenvalue weighted by molar-refractivity contribution is 9.10. The van der Waals surface area contributed by atoms with Crippen molar-refractivity contribution in [1.29, 1.82) is 0 Å². The van der Waals surface area contributed by atoms with Gasteiger partial charge in [-0.15, -0.1) is 0 Å². The van der Waals surface area contributed by atoms with Gasteiger partial charge in [0, 0.05) is 42.6 Å². The van der Waals surface area contributed by atoms with Gasteiger partial charge in [-0.3, -0.25) is 14.5 Å². The van der Waals surface area contributed by atoms with Gasteiger partial charge in [0.15, 0.2) is 5.78 Å².